The topological polar surface area (TPSA) is 141 Å². The van der Waals surface area contributed by atoms with Gasteiger partial charge in [0.1, 0.15) is 44.9 Å². The summed E-state index contributed by atoms with van der Waals surface area (Å²) in [5.74, 6) is -1.79. The first-order valence-corrected chi connectivity index (χ1v) is 7.33. The molecule has 8 heteroatoms. The van der Waals surface area contributed by atoms with Crippen molar-refractivity contribution in [1.82, 2.24) is 0 Å². The van der Waals surface area contributed by atoms with E-state index in [9.17, 15) is 30.0 Å². The minimum absolute atomic E-state index is 0.105. The number of phenols is 4. The second-order valence-electron chi connectivity index (χ2n) is 5.63. The van der Waals surface area contributed by atoms with Crippen LogP contribution in [0.1, 0.15) is 0 Å². The number of hydrogen-bond donors (Lipinski definition) is 4. The lowest BCUT2D eigenvalue weighted by Gasteiger charge is -2.06. The van der Waals surface area contributed by atoms with Gasteiger partial charge in [-0.05, 0) is 0 Å². The van der Waals surface area contributed by atoms with Gasteiger partial charge < -0.3 is 29.3 Å². The quantitative estimate of drug-likeness (QED) is 0.408. The molecule has 0 atom stereocenters. The van der Waals surface area contributed by atoms with E-state index in [1.54, 1.807) is 0 Å². The smallest absolute Gasteiger partial charge is 0.197 e. The van der Waals surface area contributed by atoms with Crippen LogP contribution in [0.3, 0.4) is 0 Å². The Balaban J connectivity index is 2.04. The Hall–Kier alpha value is -3.94. The summed E-state index contributed by atoms with van der Waals surface area (Å²) >= 11 is 0. The molecule has 0 bridgehead atoms. The van der Waals surface area contributed by atoms with Gasteiger partial charge in [0.15, 0.2) is 22.4 Å². The summed E-state index contributed by atoms with van der Waals surface area (Å²) in [6, 6.07) is 6.31. The normalized spacial score (nSPS) is 11.2. The number of aromatic hydroxyl groups is 4. The van der Waals surface area contributed by atoms with Gasteiger partial charge >= 0.3 is 0 Å². The summed E-state index contributed by atoms with van der Waals surface area (Å²) in [6.07, 6.45) is 0. The van der Waals surface area contributed by atoms with Crippen LogP contribution in [0.5, 0.6) is 23.0 Å². The van der Waals surface area contributed by atoms with Crippen LogP contribution in [0, 0.1) is 0 Å². The van der Waals surface area contributed by atoms with Crippen molar-refractivity contribution in [1.29, 1.82) is 0 Å². The fourth-order valence-corrected chi connectivity index (χ4v) is 2.75. The van der Waals surface area contributed by atoms with Gasteiger partial charge in [-0.25, -0.2) is 0 Å². The second kappa shape index (κ2) is 5.28. The largest absolute Gasteiger partial charge is 0.508 e. The molecule has 0 aliphatic rings. The molecule has 0 amide bonds. The summed E-state index contributed by atoms with van der Waals surface area (Å²) in [5, 5.41) is 38.4. The van der Waals surface area contributed by atoms with Crippen molar-refractivity contribution < 1.29 is 29.3 Å². The average Bonchev–Trinajstić information content (AvgIpc) is 2.52. The molecule has 0 aliphatic heterocycles. The minimum Gasteiger partial charge on any atom is -0.508 e. The number of rotatable bonds is 1. The highest BCUT2D eigenvalue weighted by Gasteiger charge is 2.16. The summed E-state index contributed by atoms with van der Waals surface area (Å²) < 4.78 is 11.0. The molecule has 2 aromatic heterocycles. The van der Waals surface area contributed by atoms with Gasteiger partial charge in [-0.3, -0.25) is 9.59 Å². The Kier molecular flexibility index (Phi) is 3.16. The van der Waals surface area contributed by atoms with Crippen LogP contribution in [0.2, 0.25) is 0 Å². The van der Waals surface area contributed by atoms with Gasteiger partial charge in [-0.1, -0.05) is 0 Å². The van der Waals surface area contributed by atoms with E-state index in [-0.39, 0.29) is 45.0 Å². The van der Waals surface area contributed by atoms with Gasteiger partial charge in [0.2, 0.25) is 0 Å². The highest BCUT2D eigenvalue weighted by Crippen LogP contribution is 2.33. The highest BCUT2D eigenvalue weighted by atomic mass is 16.4. The van der Waals surface area contributed by atoms with E-state index >= 15 is 0 Å². The Morgan fingerprint density at radius 2 is 0.962 bits per heavy atom. The fourth-order valence-electron chi connectivity index (χ4n) is 2.75. The molecule has 0 radical (unpaired) electrons. The van der Waals surface area contributed by atoms with Crippen molar-refractivity contribution in [2.45, 2.75) is 0 Å². The molecular formula is C18H10O8. The molecule has 2 heterocycles. The molecular weight excluding hydrogens is 344 g/mol. The fraction of sp³-hybridized carbons (Fsp3) is 0. The third-order valence-corrected chi connectivity index (χ3v) is 3.83. The third kappa shape index (κ3) is 2.32. The van der Waals surface area contributed by atoms with Crippen molar-refractivity contribution in [2.24, 2.45) is 0 Å². The summed E-state index contributed by atoms with van der Waals surface area (Å²) in [7, 11) is 0. The monoisotopic (exact) mass is 354 g/mol. The molecule has 0 fully saturated rings. The van der Waals surface area contributed by atoms with Crippen LogP contribution in [0.25, 0.3) is 33.5 Å². The molecule has 4 N–H and O–H groups in total. The molecule has 0 saturated carbocycles. The lowest BCUT2D eigenvalue weighted by Crippen LogP contribution is -2.04. The molecule has 0 saturated heterocycles. The molecule has 130 valence electrons. The highest BCUT2D eigenvalue weighted by molar-refractivity contribution is 5.87. The third-order valence-electron chi connectivity index (χ3n) is 3.83. The van der Waals surface area contributed by atoms with E-state index in [1.165, 1.54) is 0 Å². The predicted octanol–water partition coefficient (Wildman–Crippen LogP) is 2.39. The zero-order valence-corrected chi connectivity index (χ0v) is 12.9. The van der Waals surface area contributed by atoms with E-state index in [4.69, 9.17) is 8.83 Å². The summed E-state index contributed by atoms with van der Waals surface area (Å²) in [5.41, 5.74) is -1.43. The second-order valence-corrected chi connectivity index (χ2v) is 5.63. The van der Waals surface area contributed by atoms with E-state index in [0.29, 0.717) is 0 Å². The Bertz CT molecular complexity index is 1210. The van der Waals surface area contributed by atoms with Gasteiger partial charge in [-0.2, -0.15) is 0 Å². The first kappa shape index (κ1) is 15.6. The predicted molar refractivity (Wildman–Crippen MR) is 90.6 cm³/mol. The number of benzene rings is 2. The van der Waals surface area contributed by atoms with Crippen LogP contribution in [0.4, 0.5) is 0 Å². The number of hydrogen-bond acceptors (Lipinski definition) is 8. The van der Waals surface area contributed by atoms with Gasteiger partial charge in [0.25, 0.3) is 0 Å². The Morgan fingerprint density at radius 3 is 1.35 bits per heavy atom. The molecule has 2 aromatic carbocycles. The maximum Gasteiger partial charge on any atom is 0.197 e. The molecule has 0 spiro atoms. The van der Waals surface area contributed by atoms with Gasteiger partial charge in [0.05, 0.1) is 0 Å². The summed E-state index contributed by atoms with van der Waals surface area (Å²) in [4.78, 5) is 24.5. The van der Waals surface area contributed by atoms with Crippen LogP contribution >= 0.6 is 0 Å². The minimum atomic E-state index is -0.611. The zero-order chi connectivity index (χ0) is 18.6. The Morgan fingerprint density at radius 1 is 0.577 bits per heavy atom. The van der Waals surface area contributed by atoms with Crippen molar-refractivity contribution in [3.05, 3.63) is 56.8 Å². The van der Waals surface area contributed by atoms with Gasteiger partial charge in [0, 0.05) is 36.4 Å². The number of fused-ring (bicyclic) bond motifs is 2. The first-order valence-electron chi connectivity index (χ1n) is 7.33. The van der Waals surface area contributed by atoms with Crippen LogP contribution in [-0.2, 0) is 0 Å². The SMILES string of the molecule is O=c1cc(-c2cc(=O)c3c(O)cc(O)cc3o2)oc2cc(O)cc(O)c12. The molecule has 0 aliphatic carbocycles. The van der Waals surface area contributed by atoms with E-state index in [2.05, 4.69) is 0 Å². The summed E-state index contributed by atoms with van der Waals surface area (Å²) in [6.45, 7) is 0. The first-order chi connectivity index (χ1) is 12.3. The van der Waals surface area contributed by atoms with Crippen LogP contribution in [0.15, 0.2) is 54.8 Å². The van der Waals surface area contributed by atoms with E-state index in [1.807, 2.05) is 0 Å². The van der Waals surface area contributed by atoms with Crippen molar-refractivity contribution in [3.8, 4) is 34.5 Å². The maximum atomic E-state index is 12.3. The van der Waals surface area contributed by atoms with Crippen molar-refractivity contribution in [3.63, 3.8) is 0 Å². The lowest BCUT2D eigenvalue weighted by molar-refractivity contribution is 0.449. The van der Waals surface area contributed by atoms with Gasteiger partial charge in [-0.15, -0.1) is 0 Å². The van der Waals surface area contributed by atoms with E-state index < -0.39 is 22.4 Å². The lowest BCUT2D eigenvalue weighted by atomic mass is 10.1. The zero-order valence-electron chi connectivity index (χ0n) is 12.9. The molecule has 8 nitrogen and oxygen atoms in total. The Labute approximate surface area is 143 Å². The van der Waals surface area contributed by atoms with Crippen molar-refractivity contribution in [2.75, 3.05) is 0 Å². The van der Waals surface area contributed by atoms with Crippen LogP contribution < -0.4 is 10.9 Å². The molecule has 0 unspecified atom stereocenters. The number of phenolic OH excluding ortho intramolecular Hbond substituents is 4. The van der Waals surface area contributed by atoms with Crippen LogP contribution in [-0.4, -0.2) is 20.4 Å². The average molecular weight is 354 g/mol. The standard InChI is InChI=1S/C18H10O8/c19-7-1-9(21)17-11(23)5-13(25-15(17)3-7)14-6-12(24)18-10(22)2-8(20)4-16(18)26-14/h1-6,19-22H. The molecule has 4 aromatic rings. The maximum absolute atomic E-state index is 12.3. The van der Waals surface area contributed by atoms with Crippen molar-refractivity contribution >= 4 is 21.9 Å². The molecule has 26 heavy (non-hydrogen) atoms. The molecule has 4 rings (SSSR count). The van der Waals surface area contributed by atoms with E-state index in [0.717, 1.165) is 36.4 Å².